The second-order valence-electron chi connectivity index (χ2n) is 10.3. The number of nitrogens with one attached hydrogen (secondary N) is 1. The third-order valence-corrected chi connectivity index (χ3v) is 7.50. The van der Waals surface area contributed by atoms with Gasteiger partial charge in [0, 0.05) is 30.9 Å². The highest BCUT2D eigenvalue weighted by Gasteiger charge is 2.26. The molecule has 1 aliphatic rings. The number of hydrogen-bond acceptors (Lipinski definition) is 5. The summed E-state index contributed by atoms with van der Waals surface area (Å²) in [6.07, 6.45) is 3.04. The van der Waals surface area contributed by atoms with E-state index in [0.717, 1.165) is 43.9 Å². The van der Waals surface area contributed by atoms with Gasteiger partial charge in [0.05, 0.1) is 13.2 Å². The van der Waals surface area contributed by atoms with Gasteiger partial charge in [0.2, 0.25) is 0 Å². The van der Waals surface area contributed by atoms with E-state index in [-0.39, 0.29) is 6.04 Å². The number of fused-ring (bicyclic) bond motifs is 1. The summed E-state index contributed by atoms with van der Waals surface area (Å²) in [7, 11) is 1.73. The average molecular weight is 503 g/mol. The summed E-state index contributed by atoms with van der Waals surface area (Å²) >= 11 is 0. The Hall–Kier alpha value is -3.18. The number of ether oxygens (including phenoxy) is 2. The van der Waals surface area contributed by atoms with Crippen LogP contribution < -0.4 is 19.7 Å². The zero-order chi connectivity index (χ0) is 26.4. The fraction of sp³-hybridized carbons (Fsp3) is 0.438. The lowest BCUT2D eigenvalue weighted by atomic mass is 9.79. The van der Waals surface area contributed by atoms with Crippen molar-refractivity contribution in [3.63, 3.8) is 0 Å². The van der Waals surface area contributed by atoms with Crippen LogP contribution in [0.5, 0.6) is 17.2 Å². The second-order valence-corrected chi connectivity index (χ2v) is 10.3. The molecule has 2 atom stereocenters. The number of aryl methyl sites for hydroxylation is 1. The molecule has 2 unspecified atom stereocenters. The summed E-state index contributed by atoms with van der Waals surface area (Å²) in [6.45, 7) is 11.2. The molecule has 0 saturated carbocycles. The molecule has 4 rings (SSSR count). The van der Waals surface area contributed by atoms with Gasteiger partial charge in [0.25, 0.3) is 0 Å². The molecule has 3 aromatic carbocycles. The van der Waals surface area contributed by atoms with Gasteiger partial charge in [-0.05, 0) is 91.6 Å². The van der Waals surface area contributed by atoms with Crippen molar-refractivity contribution in [3.8, 4) is 17.2 Å². The highest BCUT2D eigenvalue weighted by molar-refractivity contribution is 5.61. The van der Waals surface area contributed by atoms with E-state index in [0.29, 0.717) is 24.3 Å². The molecule has 0 bridgehead atoms. The smallest absolute Gasteiger partial charge is 0.120 e. The van der Waals surface area contributed by atoms with Crippen LogP contribution in [0.4, 0.5) is 5.69 Å². The van der Waals surface area contributed by atoms with E-state index in [9.17, 15) is 5.11 Å². The summed E-state index contributed by atoms with van der Waals surface area (Å²) in [5.74, 6) is 2.56. The van der Waals surface area contributed by atoms with Gasteiger partial charge < -0.3 is 24.8 Å². The maximum Gasteiger partial charge on any atom is 0.120 e. The van der Waals surface area contributed by atoms with Gasteiger partial charge >= 0.3 is 0 Å². The van der Waals surface area contributed by atoms with Crippen LogP contribution in [0.25, 0.3) is 0 Å². The monoisotopic (exact) mass is 502 g/mol. The normalized spacial score (nSPS) is 15.8. The van der Waals surface area contributed by atoms with Crippen molar-refractivity contribution in [1.82, 2.24) is 5.32 Å². The molecular weight excluding hydrogens is 460 g/mol. The van der Waals surface area contributed by atoms with Crippen LogP contribution in [0.3, 0.4) is 0 Å². The first-order valence-corrected chi connectivity index (χ1v) is 13.6. The number of hydrogen-bond donors (Lipinski definition) is 2. The van der Waals surface area contributed by atoms with Crippen molar-refractivity contribution in [2.75, 3.05) is 31.7 Å². The Labute approximate surface area is 222 Å². The number of rotatable bonds is 11. The van der Waals surface area contributed by atoms with E-state index < -0.39 is 0 Å². The largest absolute Gasteiger partial charge is 0.508 e. The molecule has 5 nitrogen and oxygen atoms in total. The van der Waals surface area contributed by atoms with Crippen LogP contribution in [-0.2, 0) is 12.8 Å². The minimum absolute atomic E-state index is 0.195. The van der Waals surface area contributed by atoms with Gasteiger partial charge in [-0.15, -0.1) is 0 Å². The van der Waals surface area contributed by atoms with Crippen LogP contribution in [0.2, 0.25) is 0 Å². The highest BCUT2D eigenvalue weighted by Crippen LogP contribution is 2.41. The lowest BCUT2D eigenvalue weighted by molar-refractivity contribution is 0.309. The number of aromatic hydroxyl groups is 1. The molecule has 0 radical (unpaired) electrons. The van der Waals surface area contributed by atoms with Crippen LogP contribution in [0, 0.1) is 0 Å². The molecule has 3 aromatic rings. The molecule has 1 aliphatic carbocycles. The van der Waals surface area contributed by atoms with Crippen LogP contribution >= 0.6 is 0 Å². The molecule has 0 aliphatic heterocycles. The highest BCUT2D eigenvalue weighted by atomic mass is 16.5. The predicted molar refractivity (Wildman–Crippen MR) is 152 cm³/mol. The Bertz CT molecular complexity index is 1160. The van der Waals surface area contributed by atoms with E-state index in [4.69, 9.17) is 9.47 Å². The van der Waals surface area contributed by atoms with E-state index in [1.54, 1.807) is 7.11 Å². The van der Waals surface area contributed by atoms with Gasteiger partial charge in [-0.3, -0.25) is 0 Å². The van der Waals surface area contributed by atoms with Crippen molar-refractivity contribution in [2.45, 2.75) is 65.0 Å². The molecule has 198 valence electrons. The third kappa shape index (κ3) is 6.58. The number of phenols is 1. The van der Waals surface area contributed by atoms with Gasteiger partial charge in [0.15, 0.2) is 0 Å². The Morgan fingerprint density at radius 2 is 1.73 bits per heavy atom. The van der Waals surface area contributed by atoms with E-state index >= 15 is 0 Å². The fourth-order valence-electron chi connectivity index (χ4n) is 5.44. The van der Waals surface area contributed by atoms with Gasteiger partial charge in [-0.1, -0.05) is 38.1 Å². The van der Waals surface area contributed by atoms with Gasteiger partial charge in [-0.25, -0.2) is 0 Å². The number of methoxy groups -OCH3 is 1. The molecule has 0 aromatic heterocycles. The minimum Gasteiger partial charge on any atom is -0.508 e. The lowest BCUT2D eigenvalue weighted by Crippen LogP contribution is -2.28. The van der Waals surface area contributed by atoms with E-state index in [1.807, 2.05) is 12.1 Å². The summed E-state index contributed by atoms with van der Waals surface area (Å²) in [5, 5.41) is 13.3. The molecule has 0 spiro atoms. The second kappa shape index (κ2) is 12.4. The SMILES string of the molecule is CCN(c1cc(OC)ccc1C1CCc2cc(O)ccc2C1)C(C)c1ccc(OCCNC(C)C)cc1. The maximum atomic E-state index is 9.91. The quantitative estimate of drug-likeness (QED) is 0.288. The predicted octanol–water partition coefficient (Wildman–Crippen LogP) is 6.64. The maximum absolute atomic E-state index is 9.91. The molecule has 0 amide bonds. The van der Waals surface area contributed by atoms with Crippen molar-refractivity contribution in [3.05, 3.63) is 82.9 Å². The Morgan fingerprint density at radius 3 is 2.43 bits per heavy atom. The minimum atomic E-state index is 0.195. The first-order valence-electron chi connectivity index (χ1n) is 13.6. The van der Waals surface area contributed by atoms with Crippen molar-refractivity contribution >= 4 is 5.69 Å². The Morgan fingerprint density at radius 1 is 0.973 bits per heavy atom. The molecular formula is C32H42N2O3. The van der Waals surface area contributed by atoms with Crippen LogP contribution in [0.1, 0.15) is 68.3 Å². The third-order valence-electron chi connectivity index (χ3n) is 7.50. The summed E-state index contributed by atoms with van der Waals surface area (Å²) in [4.78, 5) is 2.48. The zero-order valence-electron chi connectivity index (χ0n) is 23.0. The van der Waals surface area contributed by atoms with E-state index in [2.05, 4.69) is 86.4 Å². The Balaban J connectivity index is 1.55. The zero-order valence-corrected chi connectivity index (χ0v) is 23.0. The summed E-state index contributed by atoms with van der Waals surface area (Å²) in [5.41, 5.74) is 6.47. The van der Waals surface area contributed by atoms with Crippen LogP contribution in [-0.4, -0.2) is 38.0 Å². The first kappa shape index (κ1) is 26.9. The van der Waals surface area contributed by atoms with Gasteiger partial charge in [-0.2, -0.15) is 0 Å². The molecule has 37 heavy (non-hydrogen) atoms. The van der Waals surface area contributed by atoms with Gasteiger partial charge in [0.1, 0.15) is 23.9 Å². The van der Waals surface area contributed by atoms with Crippen LogP contribution in [0.15, 0.2) is 60.7 Å². The first-order chi connectivity index (χ1) is 17.9. The molecule has 0 fully saturated rings. The topological polar surface area (TPSA) is 54.0 Å². The van der Waals surface area contributed by atoms with Crippen molar-refractivity contribution in [1.29, 1.82) is 0 Å². The number of benzene rings is 3. The Kier molecular flexibility index (Phi) is 8.99. The van der Waals surface area contributed by atoms with Crippen molar-refractivity contribution < 1.29 is 14.6 Å². The van der Waals surface area contributed by atoms with Crippen molar-refractivity contribution in [2.24, 2.45) is 0 Å². The van der Waals surface area contributed by atoms with E-state index in [1.165, 1.54) is 27.9 Å². The molecule has 5 heteroatoms. The average Bonchev–Trinajstić information content (AvgIpc) is 2.91. The molecule has 0 heterocycles. The number of nitrogens with zero attached hydrogens (tertiary/aromatic N) is 1. The number of phenolic OH excluding ortho intramolecular Hbond substituents is 1. The molecule has 0 saturated heterocycles. The standard InChI is InChI=1S/C32H42N2O3/c1-6-34(23(4)24-10-13-29(14-11-24)37-18-17-33-22(2)3)32-21-30(36-5)15-16-31(32)27-8-7-26-20-28(35)12-9-25(26)19-27/h9-16,20-23,27,33,35H,6-8,17-19H2,1-5H3. The number of anilines is 1. The lowest BCUT2D eigenvalue weighted by Gasteiger charge is -2.35. The fourth-order valence-corrected chi connectivity index (χ4v) is 5.44. The molecule has 2 N–H and O–H groups in total. The summed E-state index contributed by atoms with van der Waals surface area (Å²) < 4.78 is 11.6. The summed E-state index contributed by atoms with van der Waals surface area (Å²) in [6, 6.07) is 21.5.